The van der Waals surface area contributed by atoms with Gasteiger partial charge in [0.25, 0.3) is 5.91 Å². The lowest BCUT2D eigenvalue weighted by molar-refractivity contribution is 0.102. The SMILES string of the molecule is O=C(Nc1ccc(S(=O)(=O)NCc2ccccc2)cc1)c1ccc(OCCc2ccccc2)c(Br)c1. The average molecular weight is 565 g/mol. The van der Waals surface area contributed by atoms with Crippen LogP contribution in [-0.4, -0.2) is 20.9 Å². The minimum atomic E-state index is -3.67. The summed E-state index contributed by atoms with van der Waals surface area (Å²) in [5.41, 5.74) is 2.99. The molecule has 8 heteroatoms. The zero-order valence-corrected chi connectivity index (χ0v) is 21.8. The Hall–Kier alpha value is -3.46. The number of benzene rings is 4. The molecule has 4 rings (SSSR count). The maximum absolute atomic E-state index is 12.7. The molecule has 0 aliphatic heterocycles. The van der Waals surface area contributed by atoms with Crippen molar-refractivity contribution in [3.63, 3.8) is 0 Å². The van der Waals surface area contributed by atoms with Crippen molar-refractivity contribution in [1.29, 1.82) is 0 Å². The number of hydrogen-bond donors (Lipinski definition) is 2. The molecular formula is C28H25BrN2O4S. The summed E-state index contributed by atoms with van der Waals surface area (Å²) in [4.78, 5) is 12.8. The van der Waals surface area contributed by atoms with Crippen LogP contribution in [-0.2, 0) is 23.0 Å². The molecule has 36 heavy (non-hydrogen) atoms. The number of carbonyl (C=O) groups is 1. The molecule has 0 fully saturated rings. The number of rotatable bonds is 10. The van der Waals surface area contributed by atoms with Crippen molar-refractivity contribution >= 4 is 37.5 Å². The zero-order chi connectivity index (χ0) is 25.4. The number of halogens is 1. The van der Waals surface area contributed by atoms with Gasteiger partial charge in [0.2, 0.25) is 10.0 Å². The quantitative estimate of drug-likeness (QED) is 0.255. The fraction of sp³-hybridized carbons (Fsp3) is 0.107. The topological polar surface area (TPSA) is 84.5 Å². The van der Waals surface area contributed by atoms with Crippen LogP contribution in [0.15, 0.2) is 112 Å². The summed E-state index contributed by atoms with van der Waals surface area (Å²) in [6, 6.07) is 30.5. The predicted octanol–water partition coefficient (Wildman–Crippen LogP) is 5.80. The van der Waals surface area contributed by atoms with Crippen molar-refractivity contribution in [2.45, 2.75) is 17.9 Å². The van der Waals surface area contributed by atoms with Crippen LogP contribution in [0.2, 0.25) is 0 Å². The van der Waals surface area contributed by atoms with Gasteiger partial charge in [0, 0.05) is 24.2 Å². The number of anilines is 1. The minimum absolute atomic E-state index is 0.121. The zero-order valence-electron chi connectivity index (χ0n) is 19.4. The lowest BCUT2D eigenvalue weighted by Gasteiger charge is -2.11. The van der Waals surface area contributed by atoms with E-state index in [-0.39, 0.29) is 17.3 Å². The van der Waals surface area contributed by atoms with E-state index in [0.717, 1.165) is 12.0 Å². The molecule has 0 aliphatic rings. The summed E-state index contributed by atoms with van der Waals surface area (Å²) in [6.45, 7) is 0.714. The van der Waals surface area contributed by atoms with Crippen molar-refractivity contribution in [3.05, 3.63) is 124 Å². The maximum Gasteiger partial charge on any atom is 0.255 e. The molecule has 0 radical (unpaired) electrons. The number of hydrogen-bond acceptors (Lipinski definition) is 4. The highest BCUT2D eigenvalue weighted by atomic mass is 79.9. The Morgan fingerprint density at radius 1 is 0.806 bits per heavy atom. The molecular weight excluding hydrogens is 540 g/mol. The van der Waals surface area contributed by atoms with Gasteiger partial charge in [-0.15, -0.1) is 0 Å². The summed E-state index contributed by atoms with van der Waals surface area (Å²) in [6.07, 6.45) is 0.781. The van der Waals surface area contributed by atoms with E-state index in [0.29, 0.717) is 28.1 Å². The molecule has 0 unspecified atom stereocenters. The second-order valence-electron chi connectivity index (χ2n) is 8.02. The highest BCUT2D eigenvalue weighted by Crippen LogP contribution is 2.27. The summed E-state index contributed by atoms with van der Waals surface area (Å²) >= 11 is 3.47. The van der Waals surface area contributed by atoms with Crippen molar-refractivity contribution in [2.75, 3.05) is 11.9 Å². The first-order valence-corrected chi connectivity index (χ1v) is 13.6. The Morgan fingerprint density at radius 3 is 2.08 bits per heavy atom. The van der Waals surface area contributed by atoms with Crippen LogP contribution >= 0.6 is 15.9 Å². The van der Waals surface area contributed by atoms with Crippen LogP contribution in [0.5, 0.6) is 5.75 Å². The standard InChI is InChI=1S/C28H25BrN2O4S/c29-26-19-23(11-16-27(26)35-18-17-21-7-3-1-4-8-21)28(32)31-24-12-14-25(15-13-24)36(33,34)30-20-22-9-5-2-6-10-22/h1-16,19,30H,17-18,20H2,(H,31,32). The van der Waals surface area contributed by atoms with E-state index in [2.05, 4.69) is 38.1 Å². The van der Waals surface area contributed by atoms with Gasteiger partial charge in [-0.25, -0.2) is 13.1 Å². The molecule has 0 saturated heterocycles. The van der Waals surface area contributed by atoms with Crippen LogP contribution in [0.3, 0.4) is 0 Å². The summed E-state index contributed by atoms with van der Waals surface area (Å²) < 4.78 is 34.2. The Labute approximate surface area is 219 Å². The van der Waals surface area contributed by atoms with Gasteiger partial charge in [0.05, 0.1) is 16.0 Å². The smallest absolute Gasteiger partial charge is 0.255 e. The van der Waals surface area contributed by atoms with Gasteiger partial charge in [-0.2, -0.15) is 0 Å². The molecule has 6 nitrogen and oxygen atoms in total. The van der Waals surface area contributed by atoms with E-state index in [1.54, 1.807) is 30.3 Å². The average Bonchev–Trinajstić information content (AvgIpc) is 2.90. The first-order valence-electron chi connectivity index (χ1n) is 11.3. The molecule has 0 heterocycles. The maximum atomic E-state index is 12.7. The van der Waals surface area contributed by atoms with E-state index in [1.165, 1.54) is 17.7 Å². The third-order valence-electron chi connectivity index (χ3n) is 5.42. The molecule has 4 aromatic carbocycles. The second kappa shape index (κ2) is 12.0. The van der Waals surface area contributed by atoms with Crippen molar-refractivity contribution in [2.24, 2.45) is 0 Å². The van der Waals surface area contributed by atoms with E-state index >= 15 is 0 Å². The van der Waals surface area contributed by atoms with Gasteiger partial charge >= 0.3 is 0 Å². The van der Waals surface area contributed by atoms with Gasteiger partial charge in [-0.1, -0.05) is 60.7 Å². The highest BCUT2D eigenvalue weighted by molar-refractivity contribution is 9.10. The van der Waals surface area contributed by atoms with Gasteiger partial charge < -0.3 is 10.1 Å². The molecule has 184 valence electrons. The Balaban J connectivity index is 1.32. The largest absolute Gasteiger partial charge is 0.492 e. The van der Waals surface area contributed by atoms with E-state index in [9.17, 15) is 13.2 Å². The fourth-order valence-corrected chi connectivity index (χ4v) is 4.97. The first kappa shape index (κ1) is 25.6. The van der Waals surface area contributed by atoms with Gasteiger partial charge in [-0.3, -0.25) is 4.79 Å². The van der Waals surface area contributed by atoms with E-state index in [1.807, 2.05) is 48.5 Å². The first-order chi connectivity index (χ1) is 17.4. The molecule has 4 aromatic rings. The second-order valence-corrected chi connectivity index (χ2v) is 10.6. The minimum Gasteiger partial charge on any atom is -0.492 e. The fourth-order valence-electron chi connectivity index (χ4n) is 3.46. The van der Waals surface area contributed by atoms with Crippen molar-refractivity contribution in [1.82, 2.24) is 4.72 Å². The Kier molecular flexibility index (Phi) is 8.53. The van der Waals surface area contributed by atoms with E-state index < -0.39 is 10.0 Å². The Bertz CT molecular complexity index is 1410. The van der Waals surface area contributed by atoms with Gasteiger partial charge in [-0.05, 0) is 69.5 Å². The summed E-state index contributed by atoms with van der Waals surface area (Å²) in [5, 5.41) is 2.79. The number of amides is 1. The van der Waals surface area contributed by atoms with Gasteiger partial charge in [0.15, 0.2) is 0 Å². The van der Waals surface area contributed by atoms with Crippen LogP contribution in [0.25, 0.3) is 0 Å². The number of ether oxygens (including phenoxy) is 1. The monoisotopic (exact) mass is 564 g/mol. The molecule has 2 N–H and O–H groups in total. The lowest BCUT2D eigenvalue weighted by atomic mass is 10.1. The molecule has 0 atom stereocenters. The molecule has 0 spiro atoms. The summed E-state index contributed by atoms with van der Waals surface area (Å²) in [7, 11) is -3.67. The summed E-state index contributed by atoms with van der Waals surface area (Å²) in [5.74, 6) is 0.337. The number of nitrogens with one attached hydrogen (secondary N) is 2. The third-order valence-corrected chi connectivity index (χ3v) is 7.45. The molecule has 0 aliphatic carbocycles. The van der Waals surface area contributed by atoms with Crippen LogP contribution < -0.4 is 14.8 Å². The van der Waals surface area contributed by atoms with Crippen LogP contribution in [0, 0.1) is 0 Å². The highest BCUT2D eigenvalue weighted by Gasteiger charge is 2.15. The van der Waals surface area contributed by atoms with Crippen molar-refractivity contribution < 1.29 is 17.9 Å². The number of sulfonamides is 1. The molecule has 0 saturated carbocycles. The van der Waals surface area contributed by atoms with Crippen molar-refractivity contribution in [3.8, 4) is 5.75 Å². The predicted molar refractivity (Wildman–Crippen MR) is 145 cm³/mol. The molecule has 0 bridgehead atoms. The Morgan fingerprint density at radius 2 is 1.44 bits per heavy atom. The van der Waals surface area contributed by atoms with Crippen LogP contribution in [0.4, 0.5) is 5.69 Å². The van der Waals surface area contributed by atoms with E-state index in [4.69, 9.17) is 4.74 Å². The number of carbonyl (C=O) groups excluding carboxylic acids is 1. The van der Waals surface area contributed by atoms with Crippen LogP contribution in [0.1, 0.15) is 21.5 Å². The third kappa shape index (κ3) is 7.04. The molecule has 1 amide bonds. The normalized spacial score (nSPS) is 11.1. The molecule has 0 aromatic heterocycles. The lowest BCUT2D eigenvalue weighted by Crippen LogP contribution is -2.23. The van der Waals surface area contributed by atoms with Gasteiger partial charge in [0.1, 0.15) is 5.75 Å².